The third-order valence-corrected chi connectivity index (χ3v) is 7.70. The number of anilines is 1. The van der Waals surface area contributed by atoms with Crippen LogP contribution in [0.1, 0.15) is 57.4 Å². The predicted molar refractivity (Wildman–Crippen MR) is 137 cm³/mol. The number of hydrazone groups is 2. The molecule has 0 saturated heterocycles. The Morgan fingerprint density at radius 2 is 2.00 bits per heavy atom. The summed E-state index contributed by atoms with van der Waals surface area (Å²) >= 11 is 1.61. The second-order valence-electron chi connectivity index (χ2n) is 8.65. The molecule has 1 aromatic heterocycles. The van der Waals surface area contributed by atoms with E-state index in [-0.39, 0.29) is 5.91 Å². The van der Waals surface area contributed by atoms with Gasteiger partial charge in [0.15, 0.2) is 0 Å². The second-order valence-corrected chi connectivity index (χ2v) is 9.79. The molecule has 5 nitrogen and oxygen atoms in total. The van der Waals surface area contributed by atoms with Gasteiger partial charge in [-0.1, -0.05) is 55.8 Å². The molecule has 168 valence electrons. The highest BCUT2D eigenvalue weighted by molar-refractivity contribution is 7.14. The summed E-state index contributed by atoms with van der Waals surface area (Å²) in [6, 6.07) is 20.4. The zero-order valence-electron chi connectivity index (χ0n) is 18.8. The van der Waals surface area contributed by atoms with Gasteiger partial charge in [-0.25, -0.2) is 5.43 Å². The van der Waals surface area contributed by atoms with Gasteiger partial charge in [-0.3, -0.25) is 9.80 Å². The summed E-state index contributed by atoms with van der Waals surface area (Å²) in [5, 5.41) is 11.0. The monoisotopic (exact) mass is 456 g/mol. The Balaban J connectivity index is 1.18. The lowest BCUT2D eigenvalue weighted by molar-refractivity contribution is 0.0959. The van der Waals surface area contributed by atoms with Crippen LogP contribution in [0, 0.1) is 5.92 Å². The first kappa shape index (κ1) is 21.6. The van der Waals surface area contributed by atoms with Crippen molar-refractivity contribution in [1.29, 1.82) is 0 Å². The van der Waals surface area contributed by atoms with E-state index < -0.39 is 0 Å². The van der Waals surface area contributed by atoms with Crippen LogP contribution in [0.25, 0.3) is 0 Å². The molecule has 1 aliphatic heterocycles. The summed E-state index contributed by atoms with van der Waals surface area (Å²) in [6.45, 7) is 3.12. The van der Waals surface area contributed by atoms with Crippen LogP contribution in [-0.2, 0) is 12.8 Å². The number of hydrogen-bond acceptors (Lipinski definition) is 5. The van der Waals surface area contributed by atoms with Crippen molar-refractivity contribution in [3.05, 3.63) is 87.1 Å². The molecule has 0 spiro atoms. The van der Waals surface area contributed by atoms with Crippen LogP contribution in [0.15, 0.2) is 70.9 Å². The van der Waals surface area contributed by atoms with Crippen LogP contribution in [0.5, 0.6) is 0 Å². The highest BCUT2D eigenvalue weighted by Gasteiger charge is 2.22. The van der Waals surface area contributed by atoms with Crippen molar-refractivity contribution in [2.24, 2.45) is 16.1 Å². The van der Waals surface area contributed by atoms with E-state index in [0.717, 1.165) is 53.6 Å². The van der Waals surface area contributed by atoms with Gasteiger partial charge in [0.1, 0.15) is 0 Å². The lowest BCUT2D eigenvalue weighted by atomic mass is 9.87. The lowest BCUT2D eigenvalue weighted by Gasteiger charge is -2.19. The number of amides is 1. The highest BCUT2D eigenvalue weighted by Crippen LogP contribution is 2.33. The summed E-state index contributed by atoms with van der Waals surface area (Å²) in [6.07, 6.45) is 7.25. The average Bonchev–Trinajstić information content (AvgIpc) is 3.52. The maximum atomic E-state index is 12.5. The Hall–Kier alpha value is -3.25. The molecule has 2 aromatic carbocycles. The molecule has 33 heavy (non-hydrogen) atoms. The first-order valence-corrected chi connectivity index (χ1v) is 12.5. The number of fused-ring (bicyclic) bond motifs is 1. The van der Waals surface area contributed by atoms with Crippen LogP contribution in [-0.4, -0.2) is 24.4 Å². The summed E-state index contributed by atoms with van der Waals surface area (Å²) < 4.78 is 0. The summed E-state index contributed by atoms with van der Waals surface area (Å²) in [5.74, 6) is 0.621. The van der Waals surface area contributed by atoms with Crippen LogP contribution >= 0.6 is 11.3 Å². The molecule has 1 unspecified atom stereocenters. The van der Waals surface area contributed by atoms with E-state index in [1.165, 1.54) is 28.8 Å². The summed E-state index contributed by atoms with van der Waals surface area (Å²) in [4.78, 5) is 14.7. The Labute approximate surface area is 198 Å². The molecule has 0 saturated carbocycles. The van der Waals surface area contributed by atoms with Gasteiger partial charge in [-0.2, -0.15) is 10.2 Å². The zero-order valence-corrected chi connectivity index (χ0v) is 19.6. The molecule has 6 heteroatoms. The van der Waals surface area contributed by atoms with Gasteiger partial charge in [0, 0.05) is 17.8 Å². The molecule has 1 N–H and O–H groups in total. The molecule has 1 amide bonds. The molecule has 3 aromatic rings. The maximum Gasteiger partial charge on any atom is 0.281 e. The van der Waals surface area contributed by atoms with Crippen molar-refractivity contribution in [1.82, 2.24) is 5.43 Å². The van der Waals surface area contributed by atoms with Gasteiger partial charge in [0.2, 0.25) is 0 Å². The Morgan fingerprint density at radius 3 is 2.79 bits per heavy atom. The van der Waals surface area contributed by atoms with Gasteiger partial charge in [-0.15, -0.1) is 11.3 Å². The molecule has 0 radical (unpaired) electrons. The Morgan fingerprint density at radius 1 is 1.18 bits per heavy atom. The number of hydrogen-bond donors (Lipinski definition) is 1. The first-order chi connectivity index (χ1) is 16.2. The minimum atomic E-state index is -0.129. The van der Waals surface area contributed by atoms with Gasteiger partial charge < -0.3 is 0 Å². The standard InChI is InChI=1S/C27H28N4OS/c1-2-19-10-13-25-22(16-19)17-26(33-25)27(32)29-28-18-20-8-11-23(12-9-20)31-15-14-24(30-31)21-6-4-3-5-7-21/h3-9,11-12,17-19H,2,10,13-16H2,1H3,(H,29,32). The smallest absolute Gasteiger partial charge is 0.266 e. The normalized spacial score (nSPS) is 17.8. The quantitative estimate of drug-likeness (QED) is 0.385. The number of carbonyl (C=O) groups excluding carboxylic acids is 1. The topological polar surface area (TPSA) is 57.1 Å². The van der Waals surface area contributed by atoms with E-state index in [1.807, 2.05) is 47.5 Å². The Bertz CT molecular complexity index is 1180. The molecule has 1 atom stereocenters. The molecule has 2 aliphatic rings. The number of aryl methyl sites for hydroxylation is 1. The molecule has 2 heterocycles. The molecule has 0 bridgehead atoms. The van der Waals surface area contributed by atoms with Gasteiger partial charge in [0.05, 0.1) is 22.5 Å². The first-order valence-electron chi connectivity index (χ1n) is 11.6. The van der Waals surface area contributed by atoms with Gasteiger partial charge >= 0.3 is 0 Å². The number of rotatable bonds is 6. The second kappa shape index (κ2) is 9.71. The van der Waals surface area contributed by atoms with Crippen LogP contribution in [0.2, 0.25) is 0 Å². The third kappa shape index (κ3) is 4.91. The Kier molecular flexibility index (Phi) is 6.35. The fraction of sp³-hybridized carbons (Fsp3) is 0.296. The van der Waals surface area contributed by atoms with Crippen molar-refractivity contribution < 1.29 is 4.79 Å². The van der Waals surface area contributed by atoms with Crippen molar-refractivity contribution in [2.45, 2.75) is 39.0 Å². The van der Waals surface area contributed by atoms with Crippen molar-refractivity contribution in [3.63, 3.8) is 0 Å². The van der Waals surface area contributed by atoms with E-state index in [4.69, 9.17) is 5.10 Å². The molecular formula is C27H28N4OS. The van der Waals surface area contributed by atoms with Crippen molar-refractivity contribution in [2.75, 3.05) is 11.6 Å². The maximum absolute atomic E-state index is 12.5. The van der Waals surface area contributed by atoms with Crippen LogP contribution < -0.4 is 10.4 Å². The largest absolute Gasteiger partial charge is 0.281 e. The summed E-state index contributed by atoms with van der Waals surface area (Å²) in [5.41, 5.74) is 8.31. The van der Waals surface area contributed by atoms with E-state index in [2.05, 4.69) is 35.7 Å². The van der Waals surface area contributed by atoms with E-state index in [0.29, 0.717) is 0 Å². The summed E-state index contributed by atoms with van der Waals surface area (Å²) in [7, 11) is 0. The number of thiophene rings is 1. The highest BCUT2D eigenvalue weighted by atomic mass is 32.1. The molecular weight excluding hydrogens is 428 g/mol. The van der Waals surface area contributed by atoms with E-state index in [1.54, 1.807) is 17.6 Å². The van der Waals surface area contributed by atoms with Crippen LogP contribution in [0.4, 0.5) is 5.69 Å². The van der Waals surface area contributed by atoms with Gasteiger partial charge in [-0.05, 0) is 60.1 Å². The van der Waals surface area contributed by atoms with Crippen molar-refractivity contribution in [3.8, 4) is 0 Å². The SMILES string of the molecule is CCC1CCc2sc(C(=O)NN=Cc3ccc(N4CCC(c5ccccc5)=N4)cc3)cc2C1. The number of nitrogens with zero attached hydrogens (tertiary/aromatic N) is 3. The van der Waals surface area contributed by atoms with Crippen LogP contribution in [0.3, 0.4) is 0 Å². The fourth-order valence-electron chi connectivity index (χ4n) is 4.49. The average molecular weight is 457 g/mol. The number of carbonyl (C=O) groups is 1. The predicted octanol–water partition coefficient (Wildman–Crippen LogP) is 5.64. The van der Waals surface area contributed by atoms with Crippen molar-refractivity contribution >= 4 is 34.9 Å². The van der Waals surface area contributed by atoms with E-state index >= 15 is 0 Å². The minimum Gasteiger partial charge on any atom is -0.266 e. The molecule has 5 rings (SSSR count). The lowest BCUT2D eigenvalue weighted by Crippen LogP contribution is -2.16. The molecule has 0 fully saturated rings. The van der Waals surface area contributed by atoms with E-state index in [9.17, 15) is 4.79 Å². The van der Waals surface area contributed by atoms with Gasteiger partial charge in [0.25, 0.3) is 5.91 Å². The molecule has 1 aliphatic carbocycles. The minimum absolute atomic E-state index is 0.129. The number of benzene rings is 2. The third-order valence-electron chi connectivity index (χ3n) is 6.47. The number of nitrogens with one attached hydrogen (secondary N) is 1. The fourth-order valence-corrected chi connectivity index (χ4v) is 5.59. The zero-order chi connectivity index (χ0) is 22.6.